The standard InChI is InChI=1S/C18H18N2O3/c1-3-20-16-8-7-14(9-13(16)11-17(20)21)19-18(22)12-5-4-6-15(10-12)23-2/h4-10H,3,11H2,1-2H3,(H,19,22). The van der Waals surface area contributed by atoms with Crippen LogP contribution in [0.3, 0.4) is 0 Å². The quantitative estimate of drug-likeness (QED) is 0.944. The molecule has 0 radical (unpaired) electrons. The van der Waals surface area contributed by atoms with E-state index < -0.39 is 0 Å². The van der Waals surface area contributed by atoms with Crippen molar-refractivity contribution in [1.82, 2.24) is 0 Å². The fraction of sp³-hybridized carbons (Fsp3) is 0.222. The van der Waals surface area contributed by atoms with Crippen LogP contribution >= 0.6 is 0 Å². The van der Waals surface area contributed by atoms with Crippen LogP contribution in [0.5, 0.6) is 5.75 Å². The molecule has 2 amide bonds. The van der Waals surface area contributed by atoms with Gasteiger partial charge in [0.15, 0.2) is 0 Å². The van der Waals surface area contributed by atoms with E-state index in [-0.39, 0.29) is 11.8 Å². The maximum Gasteiger partial charge on any atom is 0.255 e. The zero-order valence-corrected chi connectivity index (χ0v) is 13.1. The first-order chi connectivity index (χ1) is 11.1. The number of benzene rings is 2. The largest absolute Gasteiger partial charge is 0.497 e. The van der Waals surface area contributed by atoms with Gasteiger partial charge in [0.05, 0.1) is 13.5 Å². The van der Waals surface area contributed by atoms with Crippen LogP contribution in [0.4, 0.5) is 11.4 Å². The summed E-state index contributed by atoms with van der Waals surface area (Å²) in [6, 6.07) is 12.5. The lowest BCUT2D eigenvalue weighted by atomic mass is 10.1. The maximum atomic E-state index is 12.3. The van der Waals surface area contributed by atoms with Gasteiger partial charge < -0.3 is 15.0 Å². The summed E-state index contributed by atoms with van der Waals surface area (Å²) in [7, 11) is 1.56. The van der Waals surface area contributed by atoms with E-state index in [1.165, 1.54) is 0 Å². The van der Waals surface area contributed by atoms with Crippen LogP contribution in [0, 0.1) is 0 Å². The Morgan fingerprint density at radius 1 is 1.26 bits per heavy atom. The Kier molecular flexibility index (Phi) is 4.02. The summed E-state index contributed by atoms with van der Waals surface area (Å²) >= 11 is 0. The first-order valence-corrected chi connectivity index (χ1v) is 7.51. The average Bonchev–Trinajstić information content (AvgIpc) is 2.89. The number of nitrogens with zero attached hydrogens (tertiary/aromatic N) is 1. The van der Waals surface area contributed by atoms with Crippen molar-refractivity contribution < 1.29 is 14.3 Å². The number of fused-ring (bicyclic) bond motifs is 1. The molecule has 23 heavy (non-hydrogen) atoms. The Morgan fingerprint density at radius 2 is 2.09 bits per heavy atom. The van der Waals surface area contributed by atoms with Crippen LogP contribution in [-0.2, 0) is 11.2 Å². The number of rotatable bonds is 4. The zero-order chi connectivity index (χ0) is 16.4. The smallest absolute Gasteiger partial charge is 0.255 e. The zero-order valence-electron chi connectivity index (χ0n) is 13.1. The molecule has 2 aromatic carbocycles. The molecule has 0 saturated heterocycles. The number of carbonyl (C=O) groups excluding carboxylic acids is 2. The van der Waals surface area contributed by atoms with Gasteiger partial charge in [-0.3, -0.25) is 9.59 Å². The van der Waals surface area contributed by atoms with Gasteiger partial charge >= 0.3 is 0 Å². The molecule has 1 heterocycles. The highest BCUT2D eigenvalue weighted by molar-refractivity contribution is 6.06. The molecule has 1 N–H and O–H groups in total. The van der Waals surface area contributed by atoms with Crippen molar-refractivity contribution in [1.29, 1.82) is 0 Å². The van der Waals surface area contributed by atoms with E-state index in [0.29, 0.717) is 30.0 Å². The Labute approximate surface area is 134 Å². The lowest BCUT2D eigenvalue weighted by molar-refractivity contribution is -0.117. The van der Waals surface area contributed by atoms with Gasteiger partial charge in [-0.25, -0.2) is 0 Å². The molecule has 5 nitrogen and oxygen atoms in total. The molecule has 3 rings (SSSR count). The minimum absolute atomic E-state index is 0.0961. The SMILES string of the molecule is CCN1C(=O)Cc2cc(NC(=O)c3cccc(OC)c3)ccc21. The lowest BCUT2D eigenvalue weighted by Gasteiger charge is -2.15. The number of hydrogen-bond donors (Lipinski definition) is 1. The third-order valence-corrected chi connectivity index (χ3v) is 3.92. The van der Waals surface area contributed by atoms with Crippen molar-refractivity contribution in [3.63, 3.8) is 0 Å². The third-order valence-electron chi connectivity index (χ3n) is 3.92. The first kappa shape index (κ1) is 15.1. The van der Waals surface area contributed by atoms with E-state index in [1.54, 1.807) is 36.3 Å². The van der Waals surface area contributed by atoms with Gasteiger partial charge in [0.1, 0.15) is 5.75 Å². The van der Waals surface area contributed by atoms with E-state index in [4.69, 9.17) is 4.74 Å². The average molecular weight is 310 g/mol. The van der Waals surface area contributed by atoms with Crippen molar-refractivity contribution in [2.24, 2.45) is 0 Å². The van der Waals surface area contributed by atoms with E-state index in [9.17, 15) is 9.59 Å². The number of carbonyl (C=O) groups is 2. The van der Waals surface area contributed by atoms with Gasteiger partial charge in [-0.05, 0) is 48.9 Å². The topological polar surface area (TPSA) is 58.6 Å². The van der Waals surface area contributed by atoms with Crippen LogP contribution in [0.1, 0.15) is 22.8 Å². The second-order valence-corrected chi connectivity index (χ2v) is 5.34. The summed E-state index contributed by atoms with van der Waals surface area (Å²) in [5, 5.41) is 2.86. The van der Waals surface area contributed by atoms with E-state index in [0.717, 1.165) is 11.3 Å². The molecular formula is C18H18N2O3. The number of anilines is 2. The summed E-state index contributed by atoms with van der Waals surface area (Å²) in [6.45, 7) is 2.60. The molecule has 0 aromatic heterocycles. The summed E-state index contributed by atoms with van der Waals surface area (Å²) in [5.74, 6) is 0.523. The normalized spacial score (nSPS) is 13.0. The van der Waals surface area contributed by atoms with Gasteiger partial charge in [-0.2, -0.15) is 0 Å². The number of amides is 2. The summed E-state index contributed by atoms with van der Waals surface area (Å²) in [5.41, 5.74) is 3.08. The summed E-state index contributed by atoms with van der Waals surface area (Å²) < 4.78 is 5.13. The van der Waals surface area contributed by atoms with E-state index in [2.05, 4.69) is 5.32 Å². The molecule has 118 valence electrons. The molecule has 0 unspecified atom stereocenters. The van der Waals surface area contributed by atoms with Gasteiger partial charge in [0.25, 0.3) is 5.91 Å². The second-order valence-electron chi connectivity index (χ2n) is 5.34. The van der Waals surface area contributed by atoms with Crippen molar-refractivity contribution in [2.45, 2.75) is 13.3 Å². The molecule has 0 bridgehead atoms. The number of nitrogens with one attached hydrogen (secondary N) is 1. The fourth-order valence-corrected chi connectivity index (χ4v) is 2.78. The van der Waals surface area contributed by atoms with Gasteiger partial charge in [0, 0.05) is 23.5 Å². The van der Waals surface area contributed by atoms with Crippen molar-refractivity contribution in [2.75, 3.05) is 23.9 Å². The predicted molar refractivity (Wildman–Crippen MR) is 89.1 cm³/mol. The monoisotopic (exact) mass is 310 g/mol. The molecule has 1 aliphatic heterocycles. The van der Waals surface area contributed by atoms with Crippen LogP contribution < -0.4 is 15.0 Å². The number of ether oxygens (including phenoxy) is 1. The van der Waals surface area contributed by atoms with Crippen LogP contribution in [0.15, 0.2) is 42.5 Å². The van der Waals surface area contributed by atoms with Crippen molar-refractivity contribution >= 4 is 23.2 Å². The highest BCUT2D eigenvalue weighted by Crippen LogP contribution is 2.31. The lowest BCUT2D eigenvalue weighted by Crippen LogP contribution is -2.25. The summed E-state index contributed by atoms with van der Waals surface area (Å²) in [6.07, 6.45) is 0.381. The molecule has 0 fully saturated rings. The number of methoxy groups -OCH3 is 1. The highest BCUT2D eigenvalue weighted by atomic mass is 16.5. The van der Waals surface area contributed by atoms with E-state index >= 15 is 0 Å². The predicted octanol–water partition coefficient (Wildman–Crippen LogP) is 2.86. The maximum absolute atomic E-state index is 12.3. The fourth-order valence-electron chi connectivity index (χ4n) is 2.78. The molecule has 0 atom stereocenters. The van der Waals surface area contributed by atoms with Gasteiger partial charge in [-0.15, -0.1) is 0 Å². The molecule has 0 spiro atoms. The molecule has 0 saturated carbocycles. The highest BCUT2D eigenvalue weighted by Gasteiger charge is 2.26. The molecular weight excluding hydrogens is 292 g/mol. The van der Waals surface area contributed by atoms with Gasteiger partial charge in [-0.1, -0.05) is 6.07 Å². The molecule has 1 aliphatic rings. The van der Waals surface area contributed by atoms with Gasteiger partial charge in [0.2, 0.25) is 5.91 Å². The molecule has 2 aromatic rings. The molecule has 0 aliphatic carbocycles. The second kappa shape index (κ2) is 6.12. The Balaban J connectivity index is 1.80. The Bertz CT molecular complexity index is 771. The van der Waals surface area contributed by atoms with Crippen molar-refractivity contribution in [3.8, 4) is 5.75 Å². The number of hydrogen-bond acceptors (Lipinski definition) is 3. The third kappa shape index (κ3) is 2.90. The summed E-state index contributed by atoms with van der Waals surface area (Å²) in [4.78, 5) is 26.0. The number of likely N-dealkylation sites (N-methyl/N-ethyl adjacent to an activating group) is 1. The molecule has 5 heteroatoms. The minimum Gasteiger partial charge on any atom is -0.497 e. The van der Waals surface area contributed by atoms with Crippen LogP contribution in [0.25, 0.3) is 0 Å². The van der Waals surface area contributed by atoms with E-state index in [1.807, 2.05) is 25.1 Å². The Morgan fingerprint density at radius 3 is 2.83 bits per heavy atom. The van der Waals surface area contributed by atoms with Crippen LogP contribution in [-0.4, -0.2) is 25.5 Å². The van der Waals surface area contributed by atoms with Crippen molar-refractivity contribution in [3.05, 3.63) is 53.6 Å². The van der Waals surface area contributed by atoms with Crippen LogP contribution in [0.2, 0.25) is 0 Å². The minimum atomic E-state index is -0.208. The Hall–Kier alpha value is -2.82. The first-order valence-electron chi connectivity index (χ1n) is 7.51.